The van der Waals surface area contributed by atoms with E-state index in [1.807, 2.05) is 0 Å². The summed E-state index contributed by atoms with van der Waals surface area (Å²) < 4.78 is 26.5. The van der Waals surface area contributed by atoms with Crippen LogP contribution >= 0.6 is 12.4 Å². The molecule has 0 aliphatic heterocycles. The molecule has 1 amide bonds. The topological polar surface area (TPSA) is 101 Å². The van der Waals surface area contributed by atoms with Crippen molar-refractivity contribution in [2.24, 2.45) is 5.73 Å². The van der Waals surface area contributed by atoms with E-state index >= 15 is 0 Å². The first-order valence-electron chi connectivity index (χ1n) is 6.55. The van der Waals surface area contributed by atoms with Gasteiger partial charge in [-0.2, -0.15) is 0 Å². The normalized spacial score (nSPS) is 15.9. The summed E-state index contributed by atoms with van der Waals surface area (Å²) in [6.45, 7) is 2.15. The SMILES string of the molecule is C[C@@H](CN)NC(=O)c1ccc(S(=O)(=O)NC2CC2)cc1.Cl. The molecule has 4 N–H and O–H groups in total. The molecule has 21 heavy (non-hydrogen) atoms. The zero-order chi connectivity index (χ0) is 14.8. The van der Waals surface area contributed by atoms with Gasteiger partial charge in [-0.05, 0) is 44.0 Å². The van der Waals surface area contributed by atoms with Crippen LogP contribution in [0.15, 0.2) is 29.2 Å². The Kier molecular flexibility index (Phi) is 6.15. The van der Waals surface area contributed by atoms with Gasteiger partial charge in [-0.15, -0.1) is 12.4 Å². The van der Waals surface area contributed by atoms with Crippen molar-refractivity contribution in [3.63, 3.8) is 0 Å². The maximum absolute atomic E-state index is 12.0. The number of benzene rings is 1. The standard InChI is InChI=1S/C13H19N3O3S.ClH/c1-9(8-14)15-13(17)10-2-6-12(7-3-10)20(18,19)16-11-4-5-11;/h2-3,6-7,9,11,16H,4-5,8,14H2,1H3,(H,15,17);1H/t9-;/m0./s1. The van der Waals surface area contributed by atoms with Gasteiger partial charge < -0.3 is 11.1 Å². The number of amides is 1. The summed E-state index contributed by atoms with van der Waals surface area (Å²) in [6.07, 6.45) is 1.77. The first kappa shape index (κ1) is 17.9. The maximum atomic E-state index is 12.0. The smallest absolute Gasteiger partial charge is 0.251 e. The molecule has 1 fully saturated rings. The van der Waals surface area contributed by atoms with Crippen molar-refractivity contribution >= 4 is 28.3 Å². The van der Waals surface area contributed by atoms with E-state index in [2.05, 4.69) is 10.0 Å². The highest BCUT2D eigenvalue weighted by Crippen LogP contribution is 2.22. The van der Waals surface area contributed by atoms with Crippen LogP contribution in [-0.2, 0) is 10.0 Å². The number of halogens is 1. The van der Waals surface area contributed by atoms with E-state index in [0.717, 1.165) is 12.8 Å². The average Bonchev–Trinajstić information content (AvgIpc) is 3.22. The van der Waals surface area contributed by atoms with Crippen LogP contribution in [0.1, 0.15) is 30.1 Å². The van der Waals surface area contributed by atoms with Gasteiger partial charge in [0.25, 0.3) is 5.91 Å². The third kappa shape index (κ3) is 4.96. The number of carbonyl (C=O) groups excluding carboxylic acids is 1. The van der Waals surface area contributed by atoms with Crippen LogP contribution in [0.4, 0.5) is 0 Å². The molecule has 0 unspecified atom stereocenters. The Balaban J connectivity index is 0.00000220. The van der Waals surface area contributed by atoms with Gasteiger partial charge >= 0.3 is 0 Å². The lowest BCUT2D eigenvalue weighted by molar-refractivity contribution is 0.0941. The van der Waals surface area contributed by atoms with Crippen LogP contribution in [0.2, 0.25) is 0 Å². The predicted octanol–water partition coefficient (Wildman–Crippen LogP) is 0.626. The molecular formula is C13H20ClN3O3S. The Labute approximate surface area is 130 Å². The van der Waals surface area contributed by atoms with E-state index in [4.69, 9.17) is 5.73 Å². The minimum atomic E-state index is -3.47. The molecule has 0 aromatic heterocycles. The Bertz CT molecular complexity index is 585. The van der Waals surface area contributed by atoms with Crippen LogP contribution in [0.25, 0.3) is 0 Å². The lowest BCUT2D eigenvalue weighted by Crippen LogP contribution is -2.37. The first-order valence-corrected chi connectivity index (χ1v) is 8.04. The molecule has 1 aromatic carbocycles. The quantitative estimate of drug-likeness (QED) is 0.710. The second-order valence-corrected chi connectivity index (χ2v) is 6.74. The Morgan fingerprint density at radius 2 is 1.90 bits per heavy atom. The number of rotatable bonds is 6. The van der Waals surface area contributed by atoms with Gasteiger partial charge in [-0.25, -0.2) is 13.1 Å². The van der Waals surface area contributed by atoms with Crippen molar-refractivity contribution < 1.29 is 13.2 Å². The van der Waals surface area contributed by atoms with E-state index in [1.165, 1.54) is 24.3 Å². The van der Waals surface area contributed by atoms with E-state index < -0.39 is 10.0 Å². The van der Waals surface area contributed by atoms with Crippen molar-refractivity contribution in [1.29, 1.82) is 0 Å². The van der Waals surface area contributed by atoms with Crippen LogP contribution in [0.3, 0.4) is 0 Å². The van der Waals surface area contributed by atoms with Gasteiger partial charge in [0.05, 0.1) is 4.90 Å². The zero-order valence-electron chi connectivity index (χ0n) is 11.7. The third-order valence-corrected chi connectivity index (χ3v) is 4.59. The zero-order valence-corrected chi connectivity index (χ0v) is 13.3. The molecule has 1 atom stereocenters. The van der Waals surface area contributed by atoms with E-state index in [-0.39, 0.29) is 35.3 Å². The summed E-state index contributed by atoms with van der Waals surface area (Å²) in [7, 11) is -3.47. The second-order valence-electron chi connectivity index (χ2n) is 5.03. The molecule has 1 aromatic rings. The molecule has 8 heteroatoms. The summed E-state index contributed by atoms with van der Waals surface area (Å²) in [4.78, 5) is 12.0. The molecule has 0 spiro atoms. The first-order chi connectivity index (χ1) is 9.42. The van der Waals surface area contributed by atoms with Gasteiger partial charge in [0.1, 0.15) is 0 Å². The fraction of sp³-hybridized carbons (Fsp3) is 0.462. The minimum Gasteiger partial charge on any atom is -0.348 e. The molecule has 1 saturated carbocycles. The van der Waals surface area contributed by atoms with E-state index in [0.29, 0.717) is 12.1 Å². The minimum absolute atomic E-state index is 0. The van der Waals surface area contributed by atoms with Crippen molar-refractivity contribution in [2.75, 3.05) is 6.54 Å². The summed E-state index contributed by atoms with van der Waals surface area (Å²) >= 11 is 0. The number of hydrogen-bond acceptors (Lipinski definition) is 4. The predicted molar refractivity (Wildman–Crippen MR) is 83.0 cm³/mol. The molecule has 2 rings (SSSR count). The number of sulfonamides is 1. The van der Waals surface area contributed by atoms with Crippen LogP contribution in [0.5, 0.6) is 0 Å². The van der Waals surface area contributed by atoms with Crippen molar-refractivity contribution in [1.82, 2.24) is 10.0 Å². The summed E-state index contributed by atoms with van der Waals surface area (Å²) in [5.41, 5.74) is 5.84. The largest absolute Gasteiger partial charge is 0.348 e. The summed E-state index contributed by atoms with van der Waals surface area (Å²) in [5.74, 6) is -0.262. The molecule has 118 valence electrons. The molecule has 0 radical (unpaired) electrons. The number of nitrogens with one attached hydrogen (secondary N) is 2. The maximum Gasteiger partial charge on any atom is 0.251 e. The molecule has 6 nitrogen and oxygen atoms in total. The van der Waals surface area contributed by atoms with Crippen LogP contribution in [-0.4, -0.2) is 33.0 Å². The van der Waals surface area contributed by atoms with Crippen molar-refractivity contribution in [3.05, 3.63) is 29.8 Å². The van der Waals surface area contributed by atoms with Gasteiger partial charge in [-0.1, -0.05) is 0 Å². The summed E-state index contributed by atoms with van der Waals surface area (Å²) in [5, 5.41) is 2.72. The molecule has 1 aliphatic carbocycles. The Morgan fingerprint density at radius 3 is 2.38 bits per heavy atom. The van der Waals surface area contributed by atoms with Crippen LogP contribution in [0, 0.1) is 0 Å². The van der Waals surface area contributed by atoms with E-state index in [1.54, 1.807) is 6.92 Å². The van der Waals surface area contributed by atoms with Crippen molar-refractivity contribution in [3.8, 4) is 0 Å². The number of hydrogen-bond donors (Lipinski definition) is 3. The molecule has 0 bridgehead atoms. The van der Waals surface area contributed by atoms with Gasteiger partial charge in [-0.3, -0.25) is 4.79 Å². The third-order valence-electron chi connectivity index (χ3n) is 3.06. The highest BCUT2D eigenvalue weighted by molar-refractivity contribution is 7.89. The lowest BCUT2D eigenvalue weighted by Gasteiger charge is -2.11. The lowest BCUT2D eigenvalue weighted by atomic mass is 10.2. The number of carbonyl (C=O) groups is 1. The monoisotopic (exact) mass is 333 g/mol. The van der Waals surface area contributed by atoms with Gasteiger partial charge in [0, 0.05) is 24.2 Å². The van der Waals surface area contributed by atoms with Crippen molar-refractivity contribution in [2.45, 2.75) is 36.7 Å². The van der Waals surface area contributed by atoms with Gasteiger partial charge in [0.2, 0.25) is 10.0 Å². The summed E-state index contributed by atoms with van der Waals surface area (Å²) in [6, 6.07) is 5.82. The Hall–Kier alpha value is -1.15. The van der Waals surface area contributed by atoms with Gasteiger partial charge in [0.15, 0.2) is 0 Å². The average molecular weight is 334 g/mol. The van der Waals surface area contributed by atoms with E-state index in [9.17, 15) is 13.2 Å². The molecular weight excluding hydrogens is 314 g/mol. The highest BCUT2D eigenvalue weighted by Gasteiger charge is 2.27. The number of nitrogens with two attached hydrogens (primary N) is 1. The molecule has 1 aliphatic rings. The van der Waals surface area contributed by atoms with Crippen LogP contribution < -0.4 is 15.8 Å². The fourth-order valence-corrected chi connectivity index (χ4v) is 2.95. The molecule has 0 saturated heterocycles. The second kappa shape index (κ2) is 7.22. The Morgan fingerprint density at radius 1 is 1.33 bits per heavy atom. The highest BCUT2D eigenvalue weighted by atomic mass is 35.5. The molecule has 0 heterocycles. The fourth-order valence-electron chi connectivity index (χ4n) is 1.64.